The van der Waals surface area contributed by atoms with Crippen LogP contribution in [0, 0.1) is 11.3 Å². The molecule has 0 unspecified atom stereocenters. The van der Waals surface area contributed by atoms with E-state index in [4.69, 9.17) is 0 Å². The molecule has 3 rings (SSSR count). The number of benzene rings is 2. The molecule has 0 aromatic heterocycles. The van der Waals surface area contributed by atoms with E-state index in [1.807, 2.05) is 60.7 Å². The molecule has 1 fully saturated rings. The molecule has 2 aromatic rings. The van der Waals surface area contributed by atoms with Crippen LogP contribution in [0.25, 0.3) is 0 Å². The molecule has 6 nitrogen and oxygen atoms in total. The Balaban J connectivity index is 1.59. The van der Waals surface area contributed by atoms with Crippen LogP contribution in [-0.2, 0) is 4.79 Å². The van der Waals surface area contributed by atoms with Crippen LogP contribution >= 0.6 is 0 Å². The Labute approximate surface area is 172 Å². The van der Waals surface area contributed by atoms with Crippen molar-refractivity contribution in [3.63, 3.8) is 0 Å². The lowest BCUT2D eigenvalue weighted by Gasteiger charge is -2.34. The molecule has 0 spiro atoms. The van der Waals surface area contributed by atoms with Gasteiger partial charge in [0.05, 0.1) is 0 Å². The van der Waals surface area contributed by atoms with Crippen molar-refractivity contribution in [3.05, 3.63) is 66.4 Å². The summed E-state index contributed by atoms with van der Waals surface area (Å²) in [5.41, 5.74) is 2.90. The first kappa shape index (κ1) is 20.4. The number of para-hydroxylation sites is 1. The van der Waals surface area contributed by atoms with Crippen molar-refractivity contribution in [2.24, 2.45) is 0 Å². The largest absolute Gasteiger partial charge is 0.360 e. The minimum Gasteiger partial charge on any atom is -0.360 e. The number of nitriles is 1. The monoisotopic (exact) mass is 389 g/mol. The second kappa shape index (κ2) is 9.76. The van der Waals surface area contributed by atoms with Gasteiger partial charge in [-0.05, 0) is 69.4 Å². The average Bonchev–Trinajstić information content (AvgIpc) is 2.76. The van der Waals surface area contributed by atoms with E-state index in [1.165, 1.54) is 6.20 Å². The Morgan fingerprint density at radius 3 is 2.28 bits per heavy atom. The quantitative estimate of drug-likeness (QED) is 0.581. The highest BCUT2D eigenvalue weighted by atomic mass is 16.2. The van der Waals surface area contributed by atoms with E-state index in [2.05, 4.69) is 22.6 Å². The highest BCUT2D eigenvalue weighted by Gasteiger charge is 2.25. The summed E-state index contributed by atoms with van der Waals surface area (Å²) in [6, 6.07) is 19.8. The Bertz CT molecular complexity index is 878. The number of piperidine rings is 1. The molecule has 1 aliphatic heterocycles. The smallest absolute Gasteiger partial charge is 0.266 e. The predicted molar refractivity (Wildman–Crippen MR) is 117 cm³/mol. The van der Waals surface area contributed by atoms with Gasteiger partial charge in [0.15, 0.2) is 0 Å². The zero-order valence-corrected chi connectivity index (χ0v) is 16.9. The number of nitrogens with one attached hydrogen (secondary N) is 2. The van der Waals surface area contributed by atoms with Crippen LogP contribution in [0.2, 0.25) is 0 Å². The van der Waals surface area contributed by atoms with Gasteiger partial charge < -0.3 is 20.4 Å². The van der Waals surface area contributed by atoms with Crippen LogP contribution in [0.4, 0.5) is 17.1 Å². The third kappa shape index (κ3) is 5.59. The van der Waals surface area contributed by atoms with Crippen LogP contribution in [0.3, 0.4) is 0 Å². The zero-order valence-electron chi connectivity index (χ0n) is 16.9. The summed E-state index contributed by atoms with van der Waals surface area (Å²) >= 11 is 0. The standard InChI is InChI=1S/C23H27N5O/c1-27-14-12-22(13-15-27)28(2)23(29)18(16-24)17-25-19-8-10-21(11-9-19)26-20-6-4-3-5-7-20/h3-11,17,22,25-26H,12-15H2,1-2H3/b18-17-. The fourth-order valence-electron chi connectivity index (χ4n) is 3.37. The van der Waals surface area contributed by atoms with Crippen LogP contribution in [0.15, 0.2) is 66.4 Å². The third-order valence-electron chi connectivity index (χ3n) is 5.24. The van der Waals surface area contributed by atoms with E-state index < -0.39 is 0 Å². The van der Waals surface area contributed by atoms with Crippen molar-refractivity contribution in [1.82, 2.24) is 9.80 Å². The lowest BCUT2D eigenvalue weighted by molar-refractivity contribution is -0.128. The molecule has 0 radical (unpaired) electrons. The second-order valence-corrected chi connectivity index (χ2v) is 7.33. The Morgan fingerprint density at radius 1 is 1.07 bits per heavy atom. The first-order valence-corrected chi connectivity index (χ1v) is 9.81. The van der Waals surface area contributed by atoms with Gasteiger partial charge in [-0.1, -0.05) is 18.2 Å². The first-order chi connectivity index (χ1) is 14.1. The van der Waals surface area contributed by atoms with E-state index in [0.717, 1.165) is 43.0 Å². The number of rotatable bonds is 6. The maximum Gasteiger partial charge on any atom is 0.266 e. The van der Waals surface area contributed by atoms with Crippen molar-refractivity contribution in [2.75, 3.05) is 37.8 Å². The Morgan fingerprint density at radius 2 is 1.66 bits per heavy atom. The van der Waals surface area contributed by atoms with Gasteiger partial charge in [0.2, 0.25) is 0 Å². The molecule has 1 saturated heterocycles. The summed E-state index contributed by atoms with van der Waals surface area (Å²) in [6.07, 6.45) is 3.36. The molecular formula is C23H27N5O. The van der Waals surface area contributed by atoms with Crippen LogP contribution in [0.1, 0.15) is 12.8 Å². The van der Waals surface area contributed by atoms with E-state index >= 15 is 0 Å². The number of hydrogen-bond acceptors (Lipinski definition) is 5. The SMILES string of the molecule is CN1CCC(N(C)C(=O)/C(C#N)=C\Nc2ccc(Nc3ccccc3)cc2)CC1. The molecule has 1 amide bonds. The molecule has 150 valence electrons. The van der Waals surface area contributed by atoms with Gasteiger partial charge in [-0.2, -0.15) is 5.26 Å². The number of amides is 1. The van der Waals surface area contributed by atoms with Gasteiger partial charge in [0.25, 0.3) is 5.91 Å². The van der Waals surface area contributed by atoms with Gasteiger partial charge in [0, 0.05) is 36.4 Å². The summed E-state index contributed by atoms with van der Waals surface area (Å²) in [7, 11) is 3.87. The van der Waals surface area contributed by atoms with Crippen molar-refractivity contribution >= 4 is 23.0 Å². The lowest BCUT2D eigenvalue weighted by Crippen LogP contribution is -2.44. The van der Waals surface area contributed by atoms with E-state index in [0.29, 0.717) is 0 Å². The maximum absolute atomic E-state index is 12.7. The average molecular weight is 390 g/mol. The highest BCUT2D eigenvalue weighted by molar-refractivity contribution is 5.97. The Kier molecular flexibility index (Phi) is 6.88. The molecule has 0 bridgehead atoms. The fraction of sp³-hybridized carbons (Fsp3) is 0.304. The van der Waals surface area contributed by atoms with Crippen molar-refractivity contribution in [3.8, 4) is 6.07 Å². The third-order valence-corrected chi connectivity index (χ3v) is 5.24. The van der Waals surface area contributed by atoms with Crippen LogP contribution in [0.5, 0.6) is 0 Å². The molecule has 29 heavy (non-hydrogen) atoms. The van der Waals surface area contributed by atoms with Gasteiger partial charge in [-0.15, -0.1) is 0 Å². The number of likely N-dealkylation sites (tertiary alicyclic amines) is 1. The lowest BCUT2D eigenvalue weighted by atomic mass is 10.0. The van der Waals surface area contributed by atoms with E-state index in [-0.39, 0.29) is 17.5 Å². The predicted octanol–water partition coefficient (Wildman–Crippen LogP) is 3.80. The van der Waals surface area contributed by atoms with E-state index in [9.17, 15) is 10.1 Å². The fourth-order valence-corrected chi connectivity index (χ4v) is 3.37. The summed E-state index contributed by atoms with van der Waals surface area (Å²) in [5.74, 6) is -0.239. The van der Waals surface area contributed by atoms with Gasteiger partial charge in [0.1, 0.15) is 11.6 Å². The number of carbonyl (C=O) groups is 1. The molecule has 0 saturated carbocycles. The van der Waals surface area contributed by atoms with Gasteiger partial charge >= 0.3 is 0 Å². The first-order valence-electron chi connectivity index (χ1n) is 9.81. The normalized spacial score (nSPS) is 15.4. The number of anilines is 3. The zero-order chi connectivity index (χ0) is 20.6. The van der Waals surface area contributed by atoms with Crippen molar-refractivity contribution in [1.29, 1.82) is 5.26 Å². The molecule has 0 aliphatic carbocycles. The van der Waals surface area contributed by atoms with Crippen LogP contribution < -0.4 is 10.6 Å². The second-order valence-electron chi connectivity index (χ2n) is 7.33. The minimum atomic E-state index is -0.239. The molecule has 6 heteroatoms. The summed E-state index contributed by atoms with van der Waals surface area (Å²) in [5, 5.41) is 15.8. The molecular weight excluding hydrogens is 362 g/mol. The number of hydrogen-bond donors (Lipinski definition) is 2. The summed E-state index contributed by atoms with van der Waals surface area (Å²) < 4.78 is 0. The Hall–Kier alpha value is -3.30. The number of nitrogens with zero attached hydrogens (tertiary/aromatic N) is 3. The molecule has 1 heterocycles. The molecule has 1 aliphatic rings. The van der Waals surface area contributed by atoms with E-state index in [1.54, 1.807) is 11.9 Å². The summed E-state index contributed by atoms with van der Waals surface area (Å²) in [6.45, 7) is 1.94. The minimum absolute atomic E-state index is 0.109. The topological polar surface area (TPSA) is 71.4 Å². The van der Waals surface area contributed by atoms with Crippen molar-refractivity contribution < 1.29 is 4.79 Å². The van der Waals surface area contributed by atoms with Gasteiger partial charge in [-0.3, -0.25) is 4.79 Å². The number of carbonyl (C=O) groups excluding carboxylic acids is 1. The summed E-state index contributed by atoms with van der Waals surface area (Å²) in [4.78, 5) is 16.7. The van der Waals surface area contributed by atoms with Crippen LogP contribution in [-0.4, -0.2) is 48.9 Å². The maximum atomic E-state index is 12.7. The highest BCUT2D eigenvalue weighted by Crippen LogP contribution is 2.19. The molecule has 2 N–H and O–H groups in total. The number of likely N-dealkylation sites (N-methyl/N-ethyl adjacent to an activating group) is 1. The molecule has 2 aromatic carbocycles. The van der Waals surface area contributed by atoms with Gasteiger partial charge in [-0.25, -0.2) is 0 Å². The molecule has 0 atom stereocenters. The van der Waals surface area contributed by atoms with Crippen molar-refractivity contribution in [2.45, 2.75) is 18.9 Å².